The Morgan fingerprint density at radius 3 is 2.12 bits per heavy atom. The molecule has 1 aliphatic heterocycles. The van der Waals surface area contributed by atoms with E-state index in [9.17, 15) is 4.79 Å². The zero-order valence-electron chi connectivity index (χ0n) is 13.5. The standard InChI is InChI=1S/C12H17N3O2.C4H3ClN2/c1-2-17-11(16)10-4-8-15(9-5-10)12-13-6-3-7-14-12;5-4-6-2-1-3-7-4/h3,6-7,10H,2,4-5,8-9H2,1H3;1-3H. The van der Waals surface area contributed by atoms with Crippen molar-refractivity contribution in [1.82, 2.24) is 19.9 Å². The van der Waals surface area contributed by atoms with Gasteiger partial charge in [-0.25, -0.2) is 19.9 Å². The normalized spacial score (nSPS) is 14.5. The van der Waals surface area contributed by atoms with Crippen LogP contribution < -0.4 is 4.90 Å². The van der Waals surface area contributed by atoms with Crippen LogP contribution >= 0.6 is 11.6 Å². The molecule has 0 atom stereocenters. The molecule has 2 aromatic heterocycles. The summed E-state index contributed by atoms with van der Waals surface area (Å²) in [5.74, 6) is 0.714. The molecule has 1 saturated heterocycles. The summed E-state index contributed by atoms with van der Waals surface area (Å²) in [7, 11) is 0. The highest BCUT2D eigenvalue weighted by atomic mass is 35.5. The average molecular weight is 350 g/mol. The van der Waals surface area contributed by atoms with Gasteiger partial charge in [-0.3, -0.25) is 4.79 Å². The van der Waals surface area contributed by atoms with E-state index in [0.717, 1.165) is 31.9 Å². The summed E-state index contributed by atoms with van der Waals surface area (Å²) < 4.78 is 5.03. The molecular weight excluding hydrogens is 330 g/mol. The fourth-order valence-corrected chi connectivity index (χ4v) is 2.42. The zero-order chi connectivity index (χ0) is 17.2. The van der Waals surface area contributed by atoms with Crippen LogP contribution in [0.5, 0.6) is 0 Å². The number of nitrogens with zero attached hydrogens (tertiary/aromatic N) is 5. The molecule has 7 nitrogen and oxygen atoms in total. The molecule has 0 aliphatic carbocycles. The molecular formula is C16H20ClN5O2. The van der Waals surface area contributed by atoms with Gasteiger partial charge in [-0.05, 0) is 43.5 Å². The average Bonchev–Trinajstić information content (AvgIpc) is 2.64. The number of carbonyl (C=O) groups excluding carboxylic acids is 1. The highest BCUT2D eigenvalue weighted by molar-refractivity contribution is 6.28. The fraction of sp³-hybridized carbons (Fsp3) is 0.438. The minimum absolute atomic E-state index is 0.0370. The van der Waals surface area contributed by atoms with Crippen molar-refractivity contribution >= 4 is 23.5 Å². The quantitative estimate of drug-likeness (QED) is 0.621. The lowest BCUT2D eigenvalue weighted by atomic mass is 9.97. The number of piperidine rings is 1. The summed E-state index contributed by atoms with van der Waals surface area (Å²) >= 11 is 5.32. The van der Waals surface area contributed by atoms with Gasteiger partial charge in [0.25, 0.3) is 0 Å². The van der Waals surface area contributed by atoms with Crippen molar-refractivity contribution in [1.29, 1.82) is 0 Å². The third kappa shape index (κ3) is 5.73. The van der Waals surface area contributed by atoms with Crippen LogP contribution in [-0.2, 0) is 9.53 Å². The second-order valence-electron chi connectivity index (χ2n) is 5.08. The Labute approximate surface area is 146 Å². The highest BCUT2D eigenvalue weighted by Gasteiger charge is 2.26. The van der Waals surface area contributed by atoms with Crippen LogP contribution in [0.25, 0.3) is 0 Å². The number of halogens is 1. The summed E-state index contributed by atoms with van der Waals surface area (Å²) in [6.45, 7) is 3.92. The molecule has 128 valence electrons. The van der Waals surface area contributed by atoms with Crippen LogP contribution in [0.2, 0.25) is 5.28 Å². The first kappa shape index (κ1) is 18.1. The van der Waals surface area contributed by atoms with Crippen molar-refractivity contribution in [3.05, 3.63) is 42.2 Å². The van der Waals surface area contributed by atoms with Crippen molar-refractivity contribution in [3.63, 3.8) is 0 Å². The molecule has 3 rings (SSSR count). The Bertz CT molecular complexity index is 606. The Morgan fingerprint density at radius 2 is 1.67 bits per heavy atom. The third-order valence-corrected chi connectivity index (χ3v) is 3.68. The minimum Gasteiger partial charge on any atom is -0.466 e. The molecule has 0 radical (unpaired) electrons. The number of rotatable bonds is 3. The molecule has 8 heteroatoms. The number of carbonyl (C=O) groups is 1. The van der Waals surface area contributed by atoms with Gasteiger partial charge >= 0.3 is 5.97 Å². The van der Waals surface area contributed by atoms with E-state index < -0.39 is 0 Å². The van der Waals surface area contributed by atoms with Gasteiger partial charge in [0.15, 0.2) is 0 Å². The van der Waals surface area contributed by atoms with E-state index in [4.69, 9.17) is 16.3 Å². The number of esters is 1. The summed E-state index contributed by atoms with van der Waals surface area (Å²) in [5.41, 5.74) is 0. The van der Waals surface area contributed by atoms with Gasteiger partial charge in [0, 0.05) is 37.9 Å². The van der Waals surface area contributed by atoms with Crippen LogP contribution in [0.3, 0.4) is 0 Å². The summed E-state index contributed by atoms with van der Waals surface area (Å²) in [6.07, 6.45) is 8.29. The third-order valence-electron chi connectivity index (χ3n) is 3.48. The van der Waals surface area contributed by atoms with E-state index in [1.807, 2.05) is 6.92 Å². The van der Waals surface area contributed by atoms with Crippen LogP contribution in [0, 0.1) is 5.92 Å². The van der Waals surface area contributed by atoms with E-state index >= 15 is 0 Å². The number of hydrogen-bond donors (Lipinski definition) is 0. The maximum Gasteiger partial charge on any atom is 0.309 e. The Balaban J connectivity index is 0.000000249. The van der Waals surface area contributed by atoms with E-state index in [-0.39, 0.29) is 11.9 Å². The summed E-state index contributed by atoms with van der Waals surface area (Å²) in [4.78, 5) is 29.4. The number of aromatic nitrogens is 4. The van der Waals surface area contributed by atoms with Crippen LogP contribution in [0.1, 0.15) is 19.8 Å². The minimum atomic E-state index is -0.0684. The van der Waals surface area contributed by atoms with E-state index in [1.54, 1.807) is 36.9 Å². The van der Waals surface area contributed by atoms with Crippen molar-refractivity contribution in [3.8, 4) is 0 Å². The maximum atomic E-state index is 11.6. The topological polar surface area (TPSA) is 81.1 Å². The first-order valence-corrected chi connectivity index (χ1v) is 8.19. The smallest absolute Gasteiger partial charge is 0.309 e. The molecule has 2 aromatic rings. The van der Waals surface area contributed by atoms with E-state index in [1.165, 1.54) is 0 Å². The zero-order valence-corrected chi connectivity index (χ0v) is 14.3. The SMILES string of the molecule is CCOC(=O)C1CCN(c2ncccn2)CC1.Clc1ncccn1. The van der Waals surface area contributed by atoms with Crippen molar-refractivity contribution in [2.24, 2.45) is 5.92 Å². The first-order chi connectivity index (χ1) is 11.7. The lowest BCUT2D eigenvalue weighted by Crippen LogP contribution is -2.37. The molecule has 0 spiro atoms. The number of anilines is 1. The summed E-state index contributed by atoms with van der Waals surface area (Å²) in [6, 6.07) is 3.51. The van der Waals surface area contributed by atoms with Crippen LogP contribution in [-0.4, -0.2) is 45.6 Å². The predicted octanol–water partition coefficient (Wildman–Crippen LogP) is 2.39. The van der Waals surface area contributed by atoms with E-state index in [0.29, 0.717) is 11.9 Å². The lowest BCUT2D eigenvalue weighted by molar-refractivity contribution is -0.148. The second-order valence-corrected chi connectivity index (χ2v) is 5.42. The molecule has 0 N–H and O–H groups in total. The van der Waals surface area contributed by atoms with Crippen LogP contribution in [0.4, 0.5) is 5.95 Å². The number of hydrogen-bond acceptors (Lipinski definition) is 7. The molecule has 24 heavy (non-hydrogen) atoms. The largest absolute Gasteiger partial charge is 0.466 e. The Kier molecular flexibility index (Phi) is 7.35. The molecule has 0 bridgehead atoms. The van der Waals surface area contributed by atoms with Crippen molar-refractivity contribution < 1.29 is 9.53 Å². The molecule has 1 aliphatic rings. The number of ether oxygens (including phenoxy) is 1. The van der Waals surface area contributed by atoms with Gasteiger partial charge in [0.1, 0.15) is 0 Å². The highest BCUT2D eigenvalue weighted by Crippen LogP contribution is 2.21. The van der Waals surface area contributed by atoms with Crippen molar-refractivity contribution in [2.75, 3.05) is 24.6 Å². The van der Waals surface area contributed by atoms with E-state index in [2.05, 4.69) is 24.8 Å². The van der Waals surface area contributed by atoms with Gasteiger partial charge in [0.2, 0.25) is 11.2 Å². The fourth-order valence-electron chi connectivity index (χ4n) is 2.31. The molecule has 1 fully saturated rings. The Hall–Kier alpha value is -2.28. The van der Waals surface area contributed by atoms with Gasteiger partial charge in [-0.2, -0.15) is 0 Å². The molecule has 0 aromatic carbocycles. The summed E-state index contributed by atoms with van der Waals surface area (Å²) in [5, 5.41) is 0.294. The van der Waals surface area contributed by atoms with Gasteiger partial charge in [-0.1, -0.05) is 0 Å². The monoisotopic (exact) mass is 349 g/mol. The maximum absolute atomic E-state index is 11.6. The lowest BCUT2D eigenvalue weighted by Gasteiger charge is -2.30. The second kappa shape index (κ2) is 9.77. The van der Waals surface area contributed by atoms with Gasteiger partial charge in [-0.15, -0.1) is 0 Å². The molecule has 0 amide bonds. The molecule has 0 unspecified atom stereocenters. The molecule has 0 saturated carbocycles. The van der Waals surface area contributed by atoms with Crippen LogP contribution in [0.15, 0.2) is 36.9 Å². The first-order valence-electron chi connectivity index (χ1n) is 7.81. The van der Waals surface area contributed by atoms with Gasteiger partial charge < -0.3 is 9.64 Å². The van der Waals surface area contributed by atoms with Crippen molar-refractivity contribution in [2.45, 2.75) is 19.8 Å². The Morgan fingerprint density at radius 1 is 1.12 bits per heavy atom. The predicted molar refractivity (Wildman–Crippen MR) is 90.6 cm³/mol. The molecule has 3 heterocycles. The van der Waals surface area contributed by atoms with Gasteiger partial charge in [0.05, 0.1) is 12.5 Å².